The minimum absolute atomic E-state index is 0.246. The van der Waals surface area contributed by atoms with E-state index in [9.17, 15) is 0 Å². The Kier molecular flexibility index (Phi) is 6.56. The van der Waals surface area contributed by atoms with Crippen LogP contribution >= 0.6 is 11.6 Å². The van der Waals surface area contributed by atoms with Gasteiger partial charge < -0.3 is 4.84 Å². The van der Waals surface area contributed by atoms with E-state index >= 15 is 0 Å². The van der Waals surface area contributed by atoms with Gasteiger partial charge in [-0.1, -0.05) is 50.9 Å². The molecule has 1 unspecified atom stereocenters. The van der Waals surface area contributed by atoms with Gasteiger partial charge in [0.1, 0.15) is 0 Å². The minimum Gasteiger partial charge on any atom is -0.301 e. The number of halogens is 1. The number of nitrogens with one attached hydrogen (secondary N) is 1. The predicted molar refractivity (Wildman–Crippen MR) is 73.0 cm³/mol. The molecule has 0 aliphatic carbocycles. The molecule has 0 radical (unpaired) electrons. The number of hydrogen-bond acceptors (Lipinski definition) is 2. The van der Waals surface area contributed by atoms with Crippen LogP contribution in [0.15, 0.2) is 24.3 Å². The molecule has 3 heteroatoms. The van der Waals surface area contributed by atoms with Crippen molar-refractivity contribution in [2.24, 2.45) is 5.92 Å². The number of hydrogen-bond donors (Lipinski definition) is 1. The maximum Gasteiger partial charge on any atom is 0.0705 e. The van der Waals surface area contributed by atoms with E-state index in [0.717, 1.165) is 24.5 Å². The molecule has 0 bridgehead atoms. The average Bonchev–Trinajstić information content (AvgIpc) is 2.29. The van der Waals surface area contributed by atoms with Gasteiger partial charge in [0.25, 0.3) is 0 Å². The zero-order valence-corrected chi connectivity index (χ0v) is 11.6. The molecule has 1 N–H and O–H groups in total. The second-order valence-corrected chi connectivity index (χ2v) is 5.15. The van der Waals surface area contributed by atoms with Gasteiger partial charge in [0, 0.05) is 5.02 Å². The molecule has 0 heterocycles. The number of benzene rings is 1. The van der Waals surface area contributed by atoms with E-state index in [0.29, 0.717) is 5.92 Å². The van der Waals surface area contributed by atoms with Gasteiger partial charge >= 0.3 is 0 Å². The highest BCUT2D eigenvalue weighted by atomic mass is 35.5. The summed E-state index contributed by atoms with van der Waals surface area (Å²) in [6.45, 7) is 7.18. The Morgan fingerprint density at radius 1 is 1.24 bits per heavy atom. The van der Waals surface area contributed by atoms with E-state index in [2.05, 4.69) is 26.3 Å². The third kappa shape index (κ3) is 5.53. The fourth-order valence-electron chi connectivity index (χ4n) is 1.59. The van der Waals surface area contributed by atoms with Crippen molar-refractivity contribution in [1.29, 1.82) is 0 Å². The molecule has 0 saturated heterocycles. The highest BCUT2D eigenvalue weighted by Gasteiger charge is 2.10. The Hall–Kier alpha value is -0.570. The van der Waals surface area contributed by atoms with Crippen molar-refractivity contribution in [1.82, 2.24) is 5.48 Å². The van der Waals surface area contributed by atoms with Crippen LogP contribution in [0.2, 0.25) is 5.02 Å². The molecule has 0 spiro atoms. The van der Waals surface area contributed by atoms with Crippen molar-refractivity contribution < 1.29 is 4.84 Å². The lowest BCUT2D eigenvalue weighted by molar-refractivity contribution is -0.00173. The molecular weight excluding hydrogens is 234 g/mol. The molecular formula is C14H22ClNO. The van der Waals surface area contributed by atoms with Crippen molar-refractivity contribution in [3.63, 3.8) is 0 Å². The fraction of sp³-hybridized carbons (Fsp3) is 0.571. The summed E-state index contributed by atoms with van der Waals surface area (Å²) in [7, 11) is 0. The first kappa shape index (κ1) is 14.5. The topological polar surface area (TPSA) is 21.3 Å². The lowest BCUT2D eigenvalue weighted by atomic mass is 10.0. The molecule has 0 fully saturated rings. The minimum atomic E-state index is 0.246. The quantitative estimate of drug-likeness (QED) is 0.731. The van der Waals surface area contributed by atoms with Crippen LogP contribution in [0.3, 0.4) is 0 Å². The van der Waals surface area contributed by atoms with Crippen LogP contribution in [0, 0.1) is 5.92 Å². The molecule has 1 rings (SSSR count). The first-order valence-electron chi connectivity index (χ1n) is 6.26. The Morgan fingerprint density at radius 2 is 1.88 bits per heavy atom. The third-order valence-electron chi connectivity index (χ3n) is 2.49. The summed E-state index contributed by atoms with van der Waals surface area (Å²) < 4.78 is 0. The summed E-state index contributed by atoms with van der Waals surface area (Å²) in [6.07, 6.45) is 2.17. The van der Waals surface area contributed by atoms with Crippen molar-refractivity contribution >= 4 is 11.6 Å². The van der Waals surface area contributed by atoms with Crippen LogP contribution in [0.4, 0.5) is 0 Å². The second-order valence-electron chi connectivity index (χ2n) is 4.72. The van der Waals surface area contributed by atoms with Crippen LogP contribution < -0.4 is 5.48 Å². The number of hydroxylamine groups is 1. The molecule has 2 nitrogen and oxygen atoms in total. The summed E-state index contributed by atoms with van der Waals surface area (Å²) in [4.78, 5) is 5.51. The summed E-state index contributed by atoms with van der Waals surface area (Å²) in [5.41, 5.74) is 4.37. The van der Waals surface area contributed by atoms with Crippen LogP contribution in [0.1, 0.15) is 45.2 Å². The Labute approximate surface area is 109 Å². The molecule has 0 aliphatic heterocycles. The van der Waals surface area contributed by atoms with Crippen molar-refractivity contribution in [2.45, 2.75) is 39.7 Å². The molecule has 0 saturated carbocycles. The fourth-order valence-corrected chi connectivity index (χ4v) is 1.72. The summed E-state index contributed by atoms with van der Waals surface area (Å²) >= 11 is 5.89. The van der Waals surface area contributed by atoms with E-state index in [4.69, 9.17) is 16.4 Å². The van der Waals surface area contributed by atoms with Crippen LogP contribution in [-0.2, 0) is 4.84 Å². The maximum absolute atomic E-state index is 5.89. The largest absolute Gasteiger partial charge is 0.301 e. The summed E-state index contributed by atoms with van der Waals surface area (Å²) in [5.74, 6) is 0.537. The highest BCUT2D eigenvalue weighted by molar-refractivity contribution is 6.30. The van der Waals surface area contributed by atoms with Gasteiger partial charge in [-0.25, -0.2) is 0 Å². The van der Waals surface area contributed by atoms with Crippen molar-refractivity contribution in [2.75, 3.05) is 6.61 Å². The van der Waals surface area contributed by atoms with Gasteiger partial charge in [0.05, 0.1) is 12.6 Å². The van der Waals surface area contributed by atoms with Gasteiger partial charge in [0.2, 0.25) is 0 Å². The Bertz CT molecular complexity index is 311. The zero-order chi connectivity index (χ0) is 12.7. The lowest BCUT2D eigenvalue weighted by Gasteiger charge is -2.19. The molecule has 0 amide bonds. The molecule has 17 heavy (non-hydrogen) atoms. The van der Waals surface area contributed by atoms with E-state index < -0.39 is 0 Å². The molecule has 96 valence electrons. The molecule has 1 aromatic rings. The number of rotatable bonds is 7. The van der Waals surface area contributed by atoms with Gasteiger partial charge in [-0.15, -0.1) is 0 Å². The van der Waals surface area contributed by atoms with E-state index in [-0.39, 0.29) is 6.04 Å². The normalized spacial score (nSPS) is 13.0. The van der Waals surface area contributed by atoms with Gasteiger partial charge in [-0.05, 0) is 30.0 Å². The predicted octanol–water partition coefficient (Wildman–Crippen LogP) is 4.36. The van der Waals surface area contributed by atoms with E-state index in [1.165, 1.54) is 5.56 Å². The Balaban J connectivity index is 2.55. The third-order valence-corrected chi connectivity index (χ3v) is 2.74. The monoisotopic (exact) mass is 255 g/mol. The molecule has 0 aromatic heterocycles. The molecule has 1 aromatic carbocycles. The zero-order valence-electron chi connectivity index (χ0n) is 10.9. The first-order valence-corrected chi connectivity index (χ1v) is 6.64. The van der Waals surface area contributed by atoms with Crippen molar-refractivity contribution in [3.05, 3.63) is 34.9 Å². The molecule has 0 aliphatic rings. The van der Waals surface area contributed by atoms with Crippen molar-refractivity contribution in [3.8, 4) is 0 Å². The summed E-state index contributed by atoms with van der Waals surface area (Å²) in [5, 5.41) is 0.770. The standard InChI is InChI=1S/C14H22ClNO/c1-4-5-14(16-17-10-11(2)3)12-6-8-13(15)9-7-12/h6-9,11,14,16H,4-5,10H2,1-3H3. The van der Waals surface area contributed by atoms with E-state index in [1.54, 1.807) is 0 Å². The molecule has 1 atom stereocenters. The smallest absolute Gasteiger partial charge is 0.0705 e. The van der Waals surface area contributed by atoms with Gasteiger partial charge in [-0.3, -0.25) is 0 Å². The second kappa shape index (κ2) is 7.70. The van der Waals surface area contributed by atoms with Gasteiger partial charge in [0.15, 0.2) is 0 Å². The Morgan fingerprint density at radius 3 is 2.41 bits per heavy atom. The van der Waals surface area contributed by atoms with Gasteiger partial charge in [-0.2, -0.15) is 5.48 Å². The first-order chi connectivity index (χ1) is 8.13. The maximum atomic E-state index is 5.89. The summed E-state index contributed by atoms with van der Waals surface area (Å²) in [6, 6.07) is 8.19. The van der Waals surface area contributed by atoms with Crippen LogP contribution in [0.5, 0.6) is 0 Å². The van der Waals surface area contributed by atoms with Crippen LogP contribution in [0.25, 0.3) is 0 Å². The average molecular weight is 256 g/mol. The highest BCUT2D eigenvalue weighted by Crippen LogP contribution is 2.20. The SMILES string of the molecule is CCCC(NOCC(C)C)c1ccc(Cl)cc1. The van der Waals surface area contributed by atoms with E-state index in [1.807, 2.05) is 24.3 Å². The van der Waals surface area contributed by atoms with Crippen LogP contribution in [-0.4, -0.2) is 6.61 Å². The lowest BCUT2D eigenvalue weighted by Crippen LogP contribution is -2.23.